The highest BCUT2D eigenvalue weighted by molar-refractivity contribution is 8.00. The summed E-state index contributed by atoms with van der Waals surface area (Å²) < 4.78 is 2.07. The molecule has 1 amide bonds. The van der Waals surface area contributed by atoms with Crippen LogP contribution in [0.1, 0.15) is 23.9 Å². The zero-order chi connectivity index (χ0) is 21.0. The van der Waals surface area contributed by atoms with Gasteiger partial charge in [0.05, 0.1) is 22.2 Å². The van der Waals surface area contributed by atoms with Crippen LogP contribution in [0.25, 0.3) is 5.69 Å². The molecule has 150 valence electrons. The summed E-state index contributed by atoms with van der Waals surface area (Å²) in [5.74, 6) is -0.166. The lowest BCUT2D eigenvalue weighted by atomic mass is 10.2. The predicted octanol–water partition coefficient (Wildman–Crippen LogP) is 6.03. The second-order valence-electron chi connectivity index (χ2n) is 6.56. The molecule has 0 saturated carbocycles. The Morgan fingerprint density at radius 2 is 1.83 bits per heavy atom. The average Bonchev–Trinajstić information content (AvgIpc) is 2.97. The second-order valence-corrected chi connectivity index (χ2v) is 8.82. The van der Waals surface area contributed by atoms with Crippen LogP contribution in [-0.2, 0) is 4.79 Å². The van der Waals surface area contributed by atoms with Crippen molar-refractivity contribution >= 4 is 47.1 Å². The summed E-state index contributed by atoms with van der Waals surface area (Å²) in [5.41, 5.74) is 6.49. The van der Waals surface area contributed by atoms with Gasteiger partial charge in [0.25, 0.3) is 5.91 Å². The molecule has 1 heterocycles. The van der Waals surface area contributed by atoms with Crippen molar-refractivity contribution in [1.82, 2.24) is 9.99 Å². The van der Waals surface area contributed by atoms with E-state index in [1.807, 2.05) is 63.2 Å². The zero-order valence-electron chi connectivity index (χ0n) is 16.3. The number of amides is 1. The molecule has 0 unspecified atom stereocenters. The Hall–Kier alpha value is -2.21. The van der Waals surface area contributed by atoms with Crippen LogP contribution in [-0.4, -0.2) is 21.9 Å². The van der Waals surface area contributed by atoms with Crippen molar-refractivity contribution in [3.05, 3.63) is 81.6 Å². The molecule has 0 fully saturated rings. The van der Waals surface area contributed by atoms with E-state index in [9.17, 15) is 4.79 Å². The molecule has 1 aromatic heterocycles. The van der Waals surface area contributed by atoms with Crippen molar-refractivity contribution in [1.29, 1.82) is 0 Å². The molecule has 1 N–H and O–H groups in total. The third-order valence-electron chi connectivity index (χ3n) is 4.44. The molecule has 3 rings (SSSR count). The minimum Gasteiger partial charge on any atom is -0.316 e. The van der Waals surface area contributed by atoms with Crippen molar-refractivity contribution in [2.75, 3.05) is 0 Å². The van der Waals surface area contributed by atoms with Gasteiger partial charge in [-0.25, -0.2) is 5.43 Å². The van der Waals surface area contributed by atoms with Gasteiger partial charge in [-0.1, -0.05) is 35.3 Å². The summed E-state index contributed by atoms with van der Waals surface area (Å²) in [5, 5.41) is 5.21. The van der Waals surface area contributed by atoms with Gasteiger partial charge < -0.3 is 4.57 Å². The van der Waals surface area contributed by atoms with Crippen molar-refractivity contribution in [2.24, 2.45) is 5.10 Å². The molecule has 7 heteroatoms. The Kier molecular flexibility index (Phi) is 7.06. The molecule has 0 aliphatic carbocycles. The number of hydrogen-bond acceptors (Lipinski definition) is 3. The lowest BCUT2D eigenvalue weighted by molar-refractivity contribution is -0.120. The highest BCUT2D eigenvalue weighted by Crippen LogP contribution is 2.26. The number of carbonyl (C=O) groups is 1. The number of nitrogens with one attached hydrogen (secondary N) is 1. The number of nitrogens with zero attached hydrogens (tertiary/aromatic N) is 2. The van der Waals surface area contributed by atoms with Crippen LogP contribution in [0.5, 0.6) is 0 Å². The number of rotatable bonds is 6. The number of thioether (sulfide) groups is 1. The topological polar surface area (TPSA) is 46.4 Å². The highest BCUT2D eigenvalue weighted by atomic mass is 35.5. The maximum atomic E-state index is 12.3. The summed E-state index contributed by atoms with van der Waals surface area (Å²) in [6.45, 7) is 5.85. The van der Waals surface area contributed by atoms with Crippen LogP contribution in [0, 0.1) is 13.8 Å². The van der Waals surface area contributed by atoms with E-state index in [0.29, 0.717) is 10.0 Å². The first-order chi connectivity index (χ1) is 13.9. The van der Waals surface area contributed by atoms with Crippen LogP contribution in [0.2, 0.25) is 10.0 Å². The molecule has 2 aromatic carbocycles. The summed E-state index contributed by atoms with van der Waals surface area (Å²) >= 11 is 13.7. The molecule has 0 saturated heterocycles. The standard InChI is InChI=1S/C22H21Cl2N3OS/c1-14-12-17(15(2)27(14)21-7-5-4-6-20(21)24)13-25-26-22(28)16(3)29-19-10-8-18(23)9-11-19/h4-13,16H,1-3H3,(H,26,28)/b25-13-/t16-/m0/s1. The Morgan fingerprint density at radius 3 is 2.52 bits per heavy atom. The largest absolute Gasteiger partial charge is 0.316 e. The van der Waals surface area contributed by atoms with Crippen LogP contribution in [0.3, 0.4) is 0 Å². The van der Waals surface area contributed by atoms with Crippen molar-refractivity contribution < 1.29 is 4.79 Å². The quantitative estimate of drug-likeness (QED) is 0.285. The monoisotopic (exact) mass is 445 g/mol. The van der Waals surface area contributed by atoms with E-state index >= 15 is 0 Å². The lowest BCUT2D eigenvalue weighted by Crippen LogP contribution is -2.26. The van der Waals surface area contributed by atoms with Gasteiger partial charge in [0.15, 0.2) is 0 Å². The number of halogens is 2. The van der Waals surface area contributed by atoms with E-state index < -0.39 is 0 Å². The maximum Gasteiger partial charge on any atom is 0.253 e. The Bertz CT molecular complexity index is 1040. The fourth-order valence-electron chi connectivity index (χ4n) is 2.95. The van der Waals surface area contributed by atoms with Gasteiger partial charge in [-0.05, 0) is 63.2 Å². The van der Waals surface area contributed by atoms with E-state index in [1.165, 1.54) is 11.8 Å². The molecule has 0 aliphatic heterocycles. The van der Waals surface area contributed by atoms with Crippen molar-refractivity contribution in [2.45, 2.75) is 30.9 Å². The van der Waals surface area contributed by atoms with Gasteiger partial charge in [0.1, 0.15) is 0 Å². The fourth-order valence-corrected chi connectivity index (χ4v) is 4.16. The smallest absolute Gasteiger partial charge is 0.253 e. The summed E-state index contributed by atoms with van der Waals surface area (Å²) in [6, 6.07) is 17.1. The third kappa shape index (κ3) is 5.24. The minimum atomic E-state index is -0.288. The van der Waals surface area contributed by atoms with Gasteiger partial charge >= 0.3 is 0 Å². The van der Waals surface area contributed by atoms with Crippen molar-refractivity contribution in [3.8, 4) is 5.69 Å². The van der Waals surface area contributed by atoms with E-state index in [-0.39, 0.29) is 11.2 Å². The summed E-state index contributed by atoms with van der Waals surface area (Å²) in [4.78, 5) is 13.3. The van der Waals surface area contributed by atoms with Gasteiger partial charge in [-0.15, -0.1) is 11.8 Å². The molecule has 0 aliphatic rings. The number of benzene rings is 2. The molecular formula is C22H21Cl2N3OS. The van der Waals surface area contributed by atoms with Crippen LogP contribution >= 0.6 is 35.0 Å². The molecule has 0 radical (unpaired) electrons. The van der Waals surface area contributed by atoms with E-state index in [0.717, 1.165) is 27.5 Å². The van der Waals surface area contributed by atoms with Crippen molar-refractivity contribution in [3.63, 3.8) is 0 Å². The Morgan fingerprint density at radius 1 is 1.14 bits per heavy atom. The molecular weight excluding hydrogens is 425 g/mol. The second kappa shape index (κ2) is 9.53. The first kappa shape index (κ1) is 21.5. The fraction of sp³-hybridized carbons (Fsp3) is 0.182. The molecule has 0 bridgehead atoms. The zero-order valence-corrected chi connectivity index (χ0v) is 18.6. The first-order valence-corrected chi connectivity index (χ1v) is 10.7. The molecule has 4 nitrogen and oxygen atoms in total. The molecule has 1 atom stereocenters. The van der Waals surface area contributed by atoms with Crippen LogP contribution < -0.4 is 5.43 Å². The molecule has 29 heavy (non-hydrogen) atoms. The highest BCUT2D eigenvalue weighted by Gasteiger charge is 2.14. The summed E-state index contributed by atoms with van der Waals surface area (Å²) in [6.07, 6.45) is 1.66. The van der Waals surface area contributed by atoms with Gasteiger partial charge in [0, 0.05) is 26.9 Å². The SMILES string of the molecule is Cc1cc(/C=N\NC(=O)[C@H](C)Sc2ccc(Cl)cc2)c(C)n1-c1ccccc1Cl. The molecule has 0 spiro atoms. The third-order valence-corrected chi connectivity index (χ3v) is 6.12. The van der Waals surface area contributed by atoms with E-state index in [2.05, 4.69) is 15.1 Å². The van der Waals surface area contributed by atoms with Crippen LogP contribution in [0.4, 0.5) is 0 Å². The number of para-hydroxylation sites is 1. The van der Waals surface area contributed by atoms with Gasteiger partial charge in [-0.2, -0.15) is 5.10 Å². The number of aromatic nitrogens is 1. The first-order valence-electron chi connectivity index (χ1n) is 9.06. The Balaban J connectivity index is 1.67. The average molecular weight is 446 g/mol. The predicted molar refractivity (Wildman–Crippen MR) is 123 cm³/mol. The number of hydrogen-bond donors (Lipinski definition) is 1. The minimum absolute atomic E-state index is 0.166. The van der Waals surface area contributed by atoms with E-state index in [4.69, 9.17) is 23.2 Å². The normalized spacial score (nSPS) is 12.3. The maximum absolute atomic E-state index is 12.3. The summed E-state index contributed by atoms with van der Waals surface area (Å²) in [7, 11) is 0. The number of aryl methyl sites for hydroxylation is 1. The van der Waals surface area contributed by atoms with E-state index in [1.54, 1.807) is 18.3 Å². The van der Waals surface area contributed by atoms with Crippen LogP contribution in [0.15, 0.2) is 64.6 Å². The Labute approximate surface area is 184 Å². The lowest BCUT2D eigenvalue weighted by Gasteiger charge is -2.11. The number of hydrazone groups is 1. The van der Waals surface area contributed by atoms with Gasteiger partial charge in [-0.3, -0.25) is 4.79 Å². The number of carbonyl (C=O) groups excluding carboxylic acids is 1. The molecule has 3 aromatic rings. The van der Waals surface area contributed by atoms with Gasteiger partial charge in [0.2, 0.25) is 0 Å².